The van der Waals surface area contributed by atoms with E-state index in [9.17, 15) is 10.2 Å². The first-order valence-electron chi connectivity index (χ1n) is 10.1. The van der Waals surface area contributed by atoms with Crippen LogP contribution in [0.25, 0.3) is 43.1 Å². The van der Waals surface area contributed by atoms with Gasteiger partial charge in [0.15, 0.2) is 0 Å². The molecule has 2 N–H and O–H groups in total. The van der Waals surface area contributed by atoms with Gasteiger partial charge < -0.3 is 10.2 Å². The highest BCUT2D eigenvalue weighted by Crippen LogP contribution is 2.42. The molecule has 0 saturated carbocycles. The summed E-state index contributed by atoms with van der Waals surface area (Å²) in [4.78, 5) is 0. The van der Waals surface area contributed by atoms with Gasteiger partial charge in [0.25, 0.3) is 0 Å². The zero-order valence-corrected chi connectivity index (χ0v) is 15.9. The smallest absolute Gasteiger partial charge is 0.0434 e. The van der Waals surface area contributed by atoms with Crippen molar-refractivity contribution in [3.05, 3.63) is 71.8 Å². The first kappa shape index (κ1) is 17.4. The minimum atomic E-state index is 0.224. The summed E-state index contributed by atoms with van der Waals surface area (Å²) in [5.74, 6) is 0. The lowest BCUT2D eigenvalue weighted by Crippen LogP contribution is -1.95. The fourth-order valence-electron chi connectivity index (χ4n) is 4.81. The fraction of sp³-hybridized carbons (Fsp3) is 0.231. The minimum Gasteiger partial charge on any atom is -0.396 e. The summed E-state index contributed by atoms with van der Waals surface area (Å²) in [5.41, 5.74) is 2.62. The van der Waals surface area contributed by atoms with E-state index in [1.165, 1.54) is 54.2 Å². The first-order chi connectivity index (χ1) is 13.8. The average Bonchev–Trinajstić information content (AvgIpc) is 2.75. The van der Waals surface area contributed by atoms with Gasteiger partial charge in [-0.05, 0) is 79.9 Å². The van der Waals surface area contributed by atoms with E-state index >= 15 is 0 Å². The van der Waals surface area contributed by atoms with Gasteiger partial charge in [0.05, 0.1) is 0 Å². The Bertz CT molecular complexity index is 1160. The molecule has 0 spiro atoms. The van der Waals surface area contributed by atoms with Crippen molar-refractivity contribution < 1.29 is 10.2 Å². The Kier molecular flexibility index (Phi) is 4.38. The Morgan fingerprint density at radius 1 is 0.464 bits per heavy atom. The number of fused-ring (bicyclic) bond motifs is 2. The highest BCUT2D eigenvalue weighted by Gasteiger charge is 2.15. The van der Waals surface area contributed by atoms with Gasteiger partial charge in [0, 0.05) is 13.2 Å². The highest BCUT2D eigenvalue weighted by atomic mass is 16.3. The van der Waals surface area contributed by atoms with Crippen LogP contribution in [0.4, 0.5) is 0 Å². The Hall–Kier alpha value is -2.68. The van der Waals surface area contributed by atoms with E-state index in [4.69, 9.17) is 0 Å². The molecule has 0 amide bonds. The molecule has 2 heteroatoms. The van der Waals surface area contributed by atoms with E-state index in [1.54, 1.807) is 0 Å². The summed E-state index contributed by atoms with van der Waals surface area (Å²) in [6.45, 7) is 0.448. The molecule has 0 atom stereocenters. The molecule has 0 bridgehead atoms. The molecule has 0 aromatic heterocycles. The Morgan fingerprint density at radius 2 is 0.857 bits per heavy atom. The van der Waals surface area contributed by atoms with Crippen LogP contribution in [0.3, 0.4) is 0 Å². The SMILES string of the molecule is OCCCc1ccc2c3cccc4c(CCCO)ccc(c5cccc1c52)c43. The summed E-state index contributed by atoms with van der Waals surface area (Å²) >= 11 is 0. The van der Waals surface area contributed by atoms with Crippen molar-refractivity contribution in [2.45, 2.75) is 25.7 Å². The van der Waals surface area contributed by atoms with Crippen LogP contribution in [-0.2, 0) is 12.8 Å². The lowest BCUT2D eigenvalue weighted by atomic mass is 9.86. The van der Waals surface area contributed by atoms with Crippen molar-refractivity contribution in [3.8, 4) is 0 Å². The molecular formula is C26H24O2. The molecule has 5 aromatic rings. The number of hydrogen-bond donors (Lipinski definition) is 2. The van der Waals surface area contributed by atoms with Crippen LogP contribution in [0.2, 0.25) is 0 Å². The van der Waals surface area contributed by atoms with Crippen molar-refractivity contribution in [1.29, 1.82) is 0 Å². The summed E-state index contributed by atoms with van der Waals surface area (Å²) in [7, 11) is 0. The van der Waals surface area contributed by atoms with Gasteiger partial charge >= 0.3 is 0 Å². The highest BCUT2D eigenvalue weighted by molar-refractivity contribution is 6.33. The number of rotatable bonds is 6. The second kappa shape index (κ2) is 7.05. The number of benzene rings is 5. The number of aliphatic hydroxyl groups excluding tert-OH is 2. The number of aliphatic hydroxyl groups is 2. The molecule has 0 saturated heterocycles. The molecule has 140 valence electrons. The third kappa shape index (κ3) is 2.56. The lowest BCUT2D eigenvalue weighted by molar-refractivity contribution is 0.288. The van der Waals surface area contributed by atoms with Gasteiger partial charge in [0.2, 0.25) is 0 Å². The summed E-state index contributed by atoms with van der Waals surface area (Å²) < 4.78 is 0. The van der Waals surface area contributed by atoms with Crippen LogP contribution in [0, 0.1) is 0 Å². The maximum atomic E-state index is 9.27. The molecule has 0 radical (unpaired) electrons. The normalized spacial score (nSPS) is 12.1. The van der Waals surface area contributed by atoms with Crippen LogP contribution >= 0.6 is 0 Å². The van der Waals surface area contributed by atoms with Crippen molar-refractivity contribution >= 4 is 43.1 Å². The standard InChI is InChI=1S/C26H24O2/c27-15-3-5-17-11-14-24-22-10-2-8-20-18(6-4-16-28)12-13-23(26(20)22)21-9-1-7-19(17)25(21)24/h1-2,7-14,27-28H,3-6,15-16H2. The lowest BCUT2D eigenvalue weighted by Gasteiger charge is -2.17. The second-order valence-corrected chi connectivity index (χ2v) is 7.66. The molecule has 0 aliphatic carbocycles. The summed E-state index contributed by atoms with van der Waals surface area (Å²) in [6, 6.07) is 22.2. The van der Waals surface area contributed by atoms with E-state index in [0.29, 0.717) is 0 Å². The first-order valence-corrected chi connectivity index (χ1v) is 10.1. The number of hydrogen-bond acceptors (Lipinski definition) is 2. The maximum Gasteiger partial charge on any atom is 0.0434 e. The molecule has 0 aliphatic heterocycles. The van der Waals surface area contributed by atoms with Gasteiger partial charge in [-0.3, -0.25) is 0 Å². The predicted molar refractivity (Wildman–Crippen MR) is 118 cm³/mol. The third-order valence-corrected chi connectivity index (χ3v) is 6.05. The van der Waals surface area contributed by atoms with Crippen LogP contribution in [0.5, 0.6) is 0 Å². The van der Waals surface area contributed by atoms with Crippen LogP contribution in [-0.4, -0.2) is 23.4 Å². The van der Waals surface area contributed by atoms with Gasteiger partial charge in [-0.15, -0.1) is 0 Å². The van der Waals surface area contributed by atoms with E-state index in [0.717, 1.165) is 25.7 Å². The van der Waals surface area contributed by atoms with Crippen molar-refractivity contribution in [1.82, 2.24) is 0 Å². The average molecular weight is 368 g/mol. The zero-order chi connectivity index (χ0) is 19.1. The molecular weight excluding hydrogens is 344 g/mol. The maximum absolute atomic E-state index is 9.27. The van der Waals surface area contributed by atoms with Gasteiger partial charge in [0.1, 0.15) is 0 Å². The molecule has 5 aromatic carbocycles. The fourth-order valence-corrected chi connectivity index (χ4v) is 4.81. The zero-order valence-electron chi connectivity index (χ0n) is 15.9. The minimum absolute atomic E-state index is 0.224. The Labute approximate surface area is 164 Å². The molecule has 2 nitrogen and oxygen atoms in total. The van der Waals surface area contributed by atoms with Crippen molar-refractivity contribution in [2.75, 3.05) is 13.2 Å². The van der Waals surface area contributed by atoms with E-state index < -0.39 is 0 Å². The molecule has 0 aliphatic rings. The monoisotopic (exact) mass is 368 g/mol. The van der Waals surface area contributed by atoms with Crippen LogP contribution in [0.1, 0.15) is 24.0 Å². The molecule has 5 rings (SSSR count). The largest absolute Gasteiger partial charge is 0.396 e. The van der Waals surface area contributed by atoms with Crippen molar-refractivity contribution in [3.63, 3.8) is 0 Å². The van der Waals surface area contributed by atoms with Crippen molar-refractivity contribution in [2.24, 2.45) is 0 Å². The summed E-state index contributed by atoms with van der Waals surface area (Å²) in [5, 5.41) is 29.0. The molecule has 0 unspecified atom stereocenters. The van der Waals surface area contributed by atoms with E-state index in [-0.39, 0.29) is 13.2 Å². The topological polar surface area (TPSA) is 40.5 Å². The van der Waals surface area contributed by atoms with E-state index in [2.05, 4.69) is 60.7 Å². The van der Waals surface area contributed by atoms with Crippen LogP contribution < -0.4 is 0 Å². The van der Waals surface area contributed by atoms with Gasteiger partial charge in [-0.2, -0.15) is 0 Å². The summed E-state index contributed by atoms with van der Waals surface area (Å²) in [6.07, 6.45) is 3.37. The quantitative estimate of drug-likeness (QED) is 0.303. The van der Waals surface area contributed by atoms with Crippen LogP contribution in [0.15, 0.2) is 60.7 Å². The molecule has 0 heterocycles. The molecule has 0 fully saturated rings. The second-order valence-electron chi connectivity index (χ2n) is 7.66. The predicted octanol–water partition coefficient (Wildman–Crippen LogP) is 5.59. The van der Waals surface area contributed by atoms with Gasteiger partial charge in [-0.1, -0.05) is 60.7 Å². The Balaban J connectivity index is 1.90. The third-order valence-electron chi connectivity index (χ3n) is 6.05. The van der Waals surface area contributed by atoms with Gasteiger partial charge in [-0.25, -0.2) is 0 Å². The Morgan fingerprint density at radius 3 is 1.29 bits per heavy atom. The van der Waals surface area contributed by atoms with E-state index in [1.807, 2.05) is 0 Å². The number of aryl methyl sites for hydroxylation is 2. The molecule has 28 heavy (non-hydrogen) atoms.